The summed E-state index contributed by atoms with van der Waals surface area (Å²) >= 11 is 16.0. The predicted molar refractivity (Wildman–Crippen MR) is 306 cm³/mol. The predicted octanol–water partition coefficient (Wildman–Crippen LogP) is 7.80. The van der Waals surface area contributed by atoms with Crippen LogP contribution in [0.15, 0.2) is 80.3 Å². The van der Waals surface area contributed by atoms with Crippen molar-refractivity contribution in [3.8, 4) is 0 Å². The molecule has 77 heavy (non-hydrogen) atoms. The van der Waals surface area contributed by atoms with E-state index in [-0.39, 0.29) is 35.5 Å². The summed E-state index contributed by atoms with van der Waals surface area (Å²) in [6.07, 6.45) is 5.89. The molecular weight excluding hydrogens is 1060 g/mol. The number of fused-ring (bicyclic) bond motifs is 4. The second kappa shape index (κ2) is 24.2. The zero-order valence-electron chi connectivity index (χ0n) is 44.7. The van der Waals surface area contributed by atoms with Crippen LogP contribution in [0.1, 0.15) is 69.0 Å². The molecule has 22 heteroatoms. The summed E-state index contributed by atoms with van der Waals surface area (Å²) in [6.45, 7) is 16.5. The fourth-order valence-corrected chi connectivity index (χ4v) is 12.5. The van der Waals surface area contributed by atoms with Crippen molar-refractivity contribution in [2.24, 2.45) is 0 Å². The molecule has 1 N–H and O–H groups in total. The zero-order valence-corrected chi connectivity index (χ0v) is 47.8. The summed E-state index contributed by atoms with van der Waals surface area (Å²) in [6, 6.07) is 16.0. The SMILES string of the molecule is Cc1ccc2ncc(=O)n(CCN3CCC(N(Cc4nc5c(cc4Cl)SCC(=O)N5C)C(=O)OC(C)(C)C)CC3)c2c1.Cc1ccc2ncc(=O)n(CCN3CCC(NCc4nc5c(cc4Cl)SCC(=O)N5C)CC3)c2c1. The Balaban J connectivity index is 0.000000191. The Bertz CT molecular complexity index is 3320. The van der Waals surface area contributed by atoms with Crippen LogP contribution in [0.5, 0.6) is 0 Å². The maximum atomic E-state index is 13.5. The number of piperidine rings is 2. The number of aryl methyl sites for hydroxylation is 2. The third-order valence-corrected chi connectivity index (χ3v) is 17.1. The number of halogens is 2. The van der Waals surface area contributed by atoms with Crippen molar-refractivity contribution in [1.29, 1.82) is 0 Å². The van der Waals surface area contributed by atoms with E-state index >= 15 is 0 Å². The van der Waals surface area contributed by atoms with Crippen LogP contribution >= 0.6 is 46.7 Å². The topological polar surface area (TPSA) is 184 Å². The zero-order chi connectivity index (χ0) is 54.7. The van der Waals surface area contributed by atoms with Crippen LogP contribution in [-0.2, 0) is 40.5 Å². The van der Waals surface area contributed by atoms with Crippen molar-refractivity contribution in [2.75, 3.05) is 74.7 Å². The van der Waals surface area contributed by atoms with Crippen LogP contribution in [0.4, 0.5) is 16.4 Å². The van der Waals surface area contributed by atoms with Crippen LogP contribution in [0.3, 0.4) is 0 Å². The van der Waals surface area contributed by atoms with Crippen molar-refractivity contribution in [3.63, 3.8) is 0 Å². The van der Waals surface area contributed by atoms with Crippen LogP contribution in [-0.4, -0.2) is 144 Å². The van der Waals surface area contributed by atoms with E-state index in [1.807, 2.05) is 87.7 Å². The Morgan fingerprint density at radius 3 is 1.65 bits per heavy atom. The molecule has 10 rings (SSSR count). The number of likely N-dealkylation sites (tertiary alicyclic amines) is 2. The van der Waals surface area contributed by atoms with E-state index in [1.54, 1.807) is 33.4 Å². The molecule has 2 fully saturated rings. The normalized spacial score (nSPS) is 16.8. The fourth-order valence-electron chi connectivity index (χ4n) is 10.0. The maximum Gasteiger partial charge on any atom is 0.410 e. The summed E-state index contributed by atoms with van der Waals surface area (Å²) in [4.78, 5) is 92.3. The van der Waals surface area contributed by atoms with E-state index < -0.39 is 11.7 Å². The lowest BCUT2D eigenvalue weighted by Gasteiger charge is -2.39. The van der Waals surface area contributed by atoms with Crippen molar-refractivity contribution in [1.82, 2.24) is 49.1 Å². The lowest BCUT2D eigenvalue weighted by molar-refractivity contribution is -0.116. The van der Waals surface area contributed by atoms with Gasteiger partial charge in [-0.15, -0.1) is 23.5 Å². The number of thioether (sulfide) groups is 2. The molecule has 8 heterocycles. The van der Waals surface area contributed by atoms with Gasteiger partial charge in [0.2, 0.25) is 11.8 Å². The molecule has 0 radical (unpaired) electrons. The number of anilines is 2. The highest BCUT2D eigenvalue weighted by atomic mass is 35.5. The number of carbonyl (C=O) groups is 3. The van der Waals surface area contributed by atoms with Gasteiger partial charge in [-0.05, 0) is 121 Å². The molecule has 3 amide bonds. The van der Waals surface area contributed by atoms with E-state index in [4.69, 9.17) is 32.9 Å². The van der Waals surface area contributed by atoms with Gasteiger partial charge in [-0.3, -0.25) is 33.9 Å². The van der Waals surface area contributed by atoms with Gasteiger partial charge in [0.25, 0.3) is 11.1 Å². The Morgan fingerprint density at radius 1 is 0.688 bits per heavy atom. The highest BCUT2D eigenvalue weighted by Crippen LogP contribution is 2.38. The summed E-state index contributed by atoms with van der Waals surface area (Å²) in [5.74, 6) is 2.04. The van der Waals surface area contributed by atoms with Crippen LogP contribution in [0.2, 0.25) is 10.0 Å². The number of ether oxygens (including phenoxy) is 1. The molecule has 0 aliphatic carbocycles. The minimum Gasteiger partial charge on any atom is -0.444 e. The first kappa shape index (κ1) is 56.1. The minimum atomic E-state index is -0.661. The van der Waals surface area contributed by atoms with Crippen molar-refractivity contribution in [3.05, 3.63) is 114 Å². The van der Waals surface area contributed by atoms with Gasteiger partial charge >= 0.3 is 6.09 Å². The molecule has 0 spiro atoms. The third kappa shape index (κ3) is 13.5. The molecule has 0 atom stereocenters. The Morgan fingerprint density at radius 2 is 1.16 bits per heavy atom. The number of benzene rings is 2. The standard InChI is InChI=1S/C30H37ClN6O4S.C25H29ClN6O2S/c1-19-6-7-22-24(14-19)36(26(38)16-32-22)13-12-35-10-8-20(9-11-35)37(29(40)41-30(2,3)4)17-23-21(31)15-25-28(33-23)34(5)27(39)18-42-25;1-16-3-4-19-21(11-16)32(23(33)14-28-19)10-9-31-7-5-17(6-8-31)27-13-20-18(26)12-22-25(29-20)30(2)24(34)15-35-22/h6-7,14-16,20H,8-13,17-18H2,1-5H3;3-4,11-12,14,17,27H,5-10,13,15H2,1-2H3. The average molecular weight is 1130 g/mol. The van der Waals surface area contributed by atoms with Gasteiger partial charge < -0.3 is 29.0 Å². The lowest BCUT2D eigenvalue weighted by atomic mass is 10.0. The molecule has 0 unspecified atom stereocenters. The summed E-state index contributed by atoms with van der Waals surface area (Å²) in [5.41, 5.74) is 6.07. The molecule has 2 aromatic carbocycles. The van der Waals surface area contributed by atoms with E-state index in [9.17, 15) is 24.0 Å². The number of hydrogen-bond acceptors (Lipinski definition) is 15. The van der Waals surface area contributed by atoms with Crippen molar-refractivity contribution >= 4 is 98.3 Å². The fraction of sp³-hybridized carbons (Fsp3) is 0.473. The van der Waals surface area contributed by atoms with Gasteiger partial charge in [0.1, 0.15) is 17.2 Å². The number of carbonyl (C=O) groups excluding carboxylic acids is 3. The highest BCUT2D eigenvalue weighted by molar-refractivity contribution is 8.00. The molecule has 408 valence electrons. The van der Waals surface area contributed by atoms with E-state index in [2.05, 4.69) is 30.1 Å². The van der Waals surface area contributed by atoms with E-state index in [1.165, 1.54) is 35.9 Å². The average Bonchev–Trinajstić information content (AvgIpc) is 3.39. The summed E-state index contributed by atoms with van der Waals surface area (Å²) < 4.78 is 9.43. The highest BCUT2D eigenvalue weighted by Gasteiger charge is 2.34. The third-order valence-electron chi connectivity index (χ3n) is 14.5. The second-order valence-corrected chi connectivity index (χ2v) is 24.0. The first-order valence-corrected chi connectivity index (χ1v) is 28.8. The number of pyridine rings is 2. The van der Waals surface area contributed by atoms with Crippen LogP contribution in [0.25, 0.3) is 22.1 Å². The molecule has 0 bridgehead atoms. The number of aromatic nitrogens is 6. The minimum absolute atomic E-state index is 0.0261. The monoisotopic (exact) mass is 1120 g/mol. The van der Waals surface area contributed by atoms with Gasteiger partial charge in [0.15, 0.2) is 0 Å². The molecular formula is C55H66Cl2N12O6S2. The molecule has 4 aromatic heterocycles. The molecule has 0 saturated carbocycles. The van der Waals surface area contributed by atoms with Crippen molar-refractivity contribution < 1.29 is 19.1 Å². The van der Waals surface area contributed by atoms with Gasteiger partial charge in [0, 0.05) is 72.0 Å². The van der Waals surface area contributed by atoms with Crippen LogP contribution < -0.4 is 26.2 Å². The van der Waals surface area contributed by atoms with Gasteiger partial charge in [-0.2, -0.15) is 0 Å². The molecule has 18 nitrogen and oxygen atoms in total. The maximum absolute atomic E-state index is 13.5. The van der Waals surface area contributed by atoms with Gasteiger partial charge in [0.05, 0.1) is 83.7 Å². The second-order valence-electron chi connectivity index (χ2n) is 21.1. The number of rotatable bonds is 12. The number of nitrogens with one attached hydrogen (secondary N) is 1. The number of nitrogens with zero attached hydrogens (tertiary/aromatic N) is 11. The van der Waals surface area contributed by atoms with E-state index in [0.29, 0.717) is 71.1 Å². The number of hydrogen-bond donors (Lipinski definition) is 1. The quantitative estimate of drug-likeness (QED) is 0.125. The molecule has 4 aliphatic heterocycles. The molecule has 6 aromatic rings. The lowest BCUT2D eigenvalue weighted by Crippen LogP contribution is -2.49. The Kier molecular flexibility index (Phi) is 17.6. The number of amides is 3. The summed E-state index contributed by atoms with van der Waals surface area (Å²) in [5, 5.41) is 4.69. The van der Waals surface area contributed by atoms with Crippen LogP contribution in [0, 0.1) is 13.8 Å². The van der Waals surface area contributed by atoms with Gasteiger partial charge in [-0.25, -0.2) is 24.7 Å². The largest absolute Gasteiger partial charge is 0.444 e. The summed E-state index contributed by atoms with van der Waals surface area (Å²) in [7, 11) is 3.47. The Hall–Kier alpha value is -5.61. The first-order valence-electron chi connectivity index (χ1n) is 26.1. The smallest absolute Gasteiger partial charge is 0.410 e. The first-order chi connectivity index (χ1) is 36.8. The Labute approximate surface area is 466 Å². The molecule has 2 saturated heterocycles. The van der Waals surface area contributed by atoms with Gasteiger partial charge in [-0.1, -0.05) is 35.3 Å². The van der Waals surface area contributed by atoms with Crippen molar-refractivity contribution in [2.45, 2.75) is 114 Å². The molecule has 4 aliphatic rings. The van der Waals surface area contributed by atoms with E-state index in [0.717, 1.165) is 107 Å².